The fourth-order valence-corrected chi connectivity index (χ4v) is 2.61. The number of guanidine groups is 1. The highest BCUT2D eigenvalue weighted by Crippen LogP contribution is 2.16. The van der Waals surface area contributed by atoms with Crippen LogP contribution in [-0.2, 0) is 13.6 Å². The number of rotatable bonds is 5. The number of aliphatic imine (C=N–C) groups is 1. The summed E-state index contributed by atoms with van der Waals surface area (Å²) in [6.07, 6.45) is 3.70. The average Bonchev–Trinajstić information content (AvgIpc) is 3.30. The number of aromatic nitrogens is 5. The first-order valence-corrected chi connectivity index (χ1v) is 8.50. The van der Waals surface area contributed by atoms with Crippen LogP contribution >= 0.6 is 0 Å². The van der Waals surface area contributed by atoms with E-state index in [9.17, 15) is 0 Å². The van der Waals surface area contributed by atoms with Crippen molar-refractivity contribution < 1.29 is 0 Å². The molecule has 2 heterocycles. The highest BCUT2D eigenvalue weighted by atomic mass is 15.3. The van der Waals surface area contributed by atoms with Gasteiger partial charge in [-0.25, -0.2) is 4.68 Å². The lowest BCUT2D eigenvalue weighted by Gasteiger charge is -2.19. The van der Waals surface area contributed by atoms with Crippen molar-refractivity contribution in [3.63, 3.8) is 0 Å². The Labute approximate surface area is 153 Å². The molecule has 0 saturated carbocycles. The molecule has 8 nitrogen and oxygen atoms in total. The van der Waals surface area contributed by atoms with Crippen molar-refractivity contribution in [3.05, 3.63) is 59.9 Å². The van der Waals surface area contributed by atoms with E-state index in [1.807, 2.05) is 47.6 Å². The van der Waals surface area contributed by atoms with E-state index in [0.29, 0.717) is 12.5 Å². The monoisotopic (exact) mass is 352 g/mol. The second-order valence-electron chi connectivity index (χ2n) is 6.06. The Kier molecular flexibility index (Phi) is 5.31. The molecular formula is C18H24N8. The van der Waals surface area contributed by atoms with Gasteiger partial charge in [0.05, 0.1) is 18.3 Å². The molecular weight excluding hydrogens is 328 g/mol. The molecule has 2 N–H and O–H groups in total. The molecule has 3 rings (SSSR count). The lowest BCUT2D eigenvalue weighted by atomic mass is 10.1. The summed E-state index contributed by atoms with van der Waals surface area (Å²) >= 11 is 0. The predicted octanol–water partition coefficient (Wildman–Crippen LogP) is 1.74. The molecule has 0 bridgehead atoms. The van der Waals surface area contributed by atoms with Crippen LogP contribution in [0.3, 0.4) is 0 Å². The second-order valence-corrected chi connectivity index (χ2v) is 6.06. The molecule has 3 aromatic rings. The molecule has 0 spiro atoms. The van der Waals surface area contributed by atoms with Crippen molar-refractivity contribution >= 4 is 5.96 Å². The van der Waals surface area contributed by atoms with E-state index in [-0.39, 0.29) is 6.04 Å². The smallest absolute Gasteiger partial charge is 0.191 e. The molecule has 0 aliphatic carbocycles. The highest BCUT2D eigenvalue weighted by Gasteiger charge is 2.11. The Morgan fingerprint density at radius 2 is 2.12 bits per heavy atom. The third kappa shape index (κ3) is 3.90. The summed E-state index contributed by atoms with van der Waals surface area (Å²) in [5, 5.41) is 19.2. The Bertz CT molecular complexity index is 878. The van der Waals surface area contributed by atoms with Crippen molar-refractivity contribution in [3.8, 4) is 5.69 Å². The summed E-state index contributed by atoms with van der Waals surface area (Å²) in [5.74, 6) is 2.45. The van der Waals surface area contributed by atoms with E-state index >= 15 is 0 Å². The number of nitrogens with zero attached hydrogens (tertiary/aromatic N) is 6. The van der Waals surface area contributed by atoms with Crippen molar-refractivity contribution in [1.82, 2.24) is 35.2 Å². The molecule has 0 saturated heterocycles. The van der Waals surface area contributed by atoms with Gasteiger partial charge in [-0.05, 0) is 37.6 Å². The van der Waals surface area contributed by atoms with Gasteiger partial charge in [0.15, 0.2) is 11.8 Å². The standard InChI is InChI=1S/C18H24N8/c1-13(15-7-5-8-16(11-15)26-10-6-9-21-26)22-18(19-3)20-12-17-24-23-14(2)25(17)4/h5-11,13H,12H2,1-4H3,(H2,19,20,22). The molecule has 136 valence electrons. The maximum absolute atomic E-state index is 4.30. The lowest BCUT2D eigenvalue weighted by Crippen LogP contribution is -2.38. The molecule has 8 heteroatoms. The van der Waals surface area contributed by atoms with E-state index in [4.69, 9.17) is 0 Å². The van der Waals surface area contributed by atoms with E-state index in [0.717, 1.165) is 22.9 Å². The lowest BCUT2D eigenvalue weighted by molar-refractivity contribution is 0.667. The fourth-order valence-electron chi connectivity index (χ4n) is 2.61. The second kappa shape index (κ2) is 7.81. The maximum atomic E-state index is 4.30. The molecule has 26 heavy (non-hydrogen) atoms. The average molecular weight is 352 g/mol. The third-order valence-electron chi connectivity index (χ3n) is 4.31. The van der Waals surface area contributed by atoms with Crippen molar-refractivity contribution in [2.45, 2.75) is 26.4 Å². The summed E-state index contributed by atoms with van der Waals surface area (Å²) < 4.78 is 3.80. The molecule has 0 radical (unpaired) electrons. The van der Waals surface area contributed by atoms with Gasteiger partial charge in [-0.15, -0.1) is 10.2 Å². The summed E-state index contributed by atoms with van der Waals surface area (Å²) in [5.41, 5.74) is 2.18. The first-order valence-electron chi connectivity index (χ1n) is 8.50. The molecule has 0 aliphatic rings. The van der Waals surface area contributed by atoms with E-state index in [1.165, 1.54) is 0 Å². The van der Waals surface area contributed by atoms with Gasteiger partial charge in [0.25, 0.3) is 0 Å². The topological polar surface area (TPSA) is 85.0 Å². The number of hydrogen-bond donors (Lipinski definition) is 2. The van der Waals surface area contributed by atoms with Gasteiger partial charge >= 0.3 is 0 Å². The van der Waals surface area contributed by atoms with E-state index < -0.39 is 0 Å². The van der Waals surface area contributed by atoms with Crippen LogP contribution in [0.15, 0.2) is 47.7 Å². The largest absolute Gasteiger partial charge is 0.350 e. The zero-order valence-electron chi connectivity index (χ0n) is 15.5. The summed E-state index contributed by atoms with van der Waals surface area (Å²) in [4.78, 5) is 4.30. The molecule has 1 unspecified atom stereocenters. The maximum Gasteiger partial charge on any atom is 0.191 e. The fraction of sp³-hybridized carbons (Fsp3) is 0.333. The van der Waals surface area contributed by atoms with Crippen LogP contribution in [-0.4, -0.2) is 37.6 Å². The SMILES string of the molecule is CN=C(NCc1nnc(C)n1C)NC(C)c1cccc(-n2cccn2)c1. The minimum Gasteiger partial charge on any atom is -0.350 e. The van der Waals surface area contributed by atoms with Gasteiger partial charge < -0.3 is 15.2 Å². The number of hydrogen-bond acceptors (Lipinski definition) is 4. The van der Waals surface area contributed by atoms with Crippen LogP contribution in [0.2, 0.25) is 0 Å². The first kappa shape index (κ1) is 17.7. The van der Waals surface area contributed by atoms with Crippen LogP contribution in [0.4, 0.5) is 0 Å². The normalized spacial score (nSPS) is 12.8. The Morgan fingerprint density at radius 1 is 1.27 bits per heavy atom. The van der Waals surface area contributed by atoms with Gasteiger partial charge in [-0.1, -0.05) is 12.1 Å². The van der Waals surface area contributed by atoms with Gasteiger partial charge in [0, 0.05) is 26.5 Å². The molecule has 0 fully saturated rings. The Morgan fingerprint density at radius 3 is 2.77 bits per heavy atom. The minimum absolute atomic E-state index is 0.0814. The molecule has 2 aromatic heterocycles. The minimum atomic E-state index is 0.0814. The van der Waals surface area contributed by atoms with E-state index in [2.05, 4.69) is 50.0 Å². The number of aryl methyl sites for hydroxylation is 1. The van der Waals surface area contributed by atoms with Gasteiger partial charge in [0.2, 0.25) is 0 Å². The highest BCUT2D eigenvalue weighted by molar-refractivity contribution is 5.80. The van der Waals surface area contributed by atoms with Crippen molar-refractivity contribution in [2.24, 2.45) is 12.0 Å². The summed E-state index contributed by atoms with van der Waals surface area (Å²) in [7, 11) is 3.70. The third-order valence-corrected chi connectivity index (χ3v) is 4.31. The quantitative estimate of drug-likeness (QED) is 0.540. The van der Waals surface area contributed by atoms with Crippen LogP contribution < -0.4 is 10.6 Å². The molecule has 0 aliphatic heterocycles. The van der Waals surface area contributed by atoms with E-state index in [1.54, 1.807) is 13.2 Å². The molecule has 0 amide bonds. The number of nitrogens with one attached hydrogen (secondary N) is 2. The van der Waals surface area contributed by atoms with Gasteiger partial charge in [-0.2, -0.15) is 5.10 Å². The molecule has 1 atom stereocenters. The summed E-state index contributed by atoms with van der Waals surface area (Å²) in [6.45, 7) is 4.58. The van der Waals surface area contributed by atoms with Crippen molar-refractivity contribution in [2.75, 3.05) is 7.05 Å². The van der Waals surface area contributed by atoms with Crippen LogP contribution in [0.25, 0.3) is 5.69 Å². The zero-order chi connectivity index (χ0) is 18.5. The first-order chi connectivity index (χ1) is 12.6. The van der Waals surface area contributed by atoms with Crippen LogP contribution in [0, 0.1) is 6.92 Å². The molecule has 1 aromatic carbocycles. The predicted molar refractivity (Wildman–Crippen MR) is 101 cm³/mol. The Hall–Kier alpha value is -3.16. The van der Waals surface area contributed by atoms with Gasteiger partial charge in [-0.3, -0.25) is 4.99 Å². The van der Waals surface area contributed by atoms with Gasteiger partial charge in [0.1, 0.15) is 5.82 Å². The van der Waals surface area contributed by atoms with Crippen molar-refractivity contribution in [1.29, 1.82) is 0 Å². The summed E-state index contributed by atoms with van der Waals surface area (Å²) in [6, 6.07) is 10.3. The zero-order valence-corrected chi connectivity index (χ0v) is 15.5. The Balaban J connectivity index is 1.65. The van der Waals surface area contributed by atoms with Crippen LogP contribution in [0.1, 0.15) is 30.2 Å². The number of benzene rings is 1. The van der Waals surface area contributed by atoms with Crippen LogP contribution in [0.5, 0.6) is 0 Å².